The third-order valence-corrected chi connectivity index (χ3v) is 4.60. The van der Waals surface area contributed by atoms with Gasteiger partial charge in [0, 0.05) is 11.1 Å². The molecular formula is C26H24O6. The monoisotopic (exact) mass is 432 g/mol. The molecule has 0 fully saturated rings. The van der Waals surface area contributed by atoms with Crippen LogP contribution < -0.4 is 18.9 Å². The number of allylic oxidation sites excluding steroid dienone is 1. The van der Waals surface area contributed by atoms with Gasteiger partial charge in [-0.15, -0.1) is 0 Å². The molecule has 0 aromatic heterocycles. The summed E-state index contributed by atoms with van der Waals surface area (Å²) in [5.74, 6) is 1.28. The zero-order valence-electron chi connectivity index (χ0n) is 18.2. The van der Waals surface area contributed by atoms with Crippen molar-refractivity contribution in [3.8, 4) is 23.0 Å². The lowest BCUT2D eigenvalue weighted by atomic mass is 10.1. The normalized spacial score (nSPS) is 10.6. The van der Waals surface area contributed by atoms with Crippen LogP contribution in [0, 0.1) is 0 Å². The van der Waals surface area contributed by atoms with Crippen LogP contribution in [0.5, 0.6) is 23.0 Å². The summed E-state index contributed by atoms with van der Waals surface area (Å²) < 4.78 is 21.3. The van der Waals surface area contributed by atoms with Gasteiger partial charge in [0.1, 0.15) is 11.5 Å². The highest BCUT2D eigenvalue weighted by atomic mass is 16.5. The van der Waals surface area contributed by atoms with E-state index < -0.39 is 5.97 Å². The van der Waals surface area contributed by atoms with Crippen LogP contribution in [-0.4, -0.2) is 32.6 Å². The number of ketones is 1. The van der Waals surface area contributed by atoms with Crippen molar-refractivity contribution < 1.29 is 28.5 Å². The summed E-state index contributed by atoms with van der Waals surface area (Å²) in [6, 6.07) is 18.6. The summed E-state index contributed by atoms with van der Waals surface area (Å²) in [5.41, 5.74) is 1.61. The molecule has 0 bridgehead atoms. The highest BCUT2D eigenvalue weighted by Gasteiger charge is 2.13. The van der Waals surface area contributed by atoms with Gasteiger partial charge in [-0.25, -0.2) is 4.79 Å². The summed E-state index contributed by atoms with van der Waals surface area (Å²) in [6.45, 7) is 2.45. The molecule has 3 aromatic rings. The summed E-state index contributed by atoms with van der Waals surface area (Å²) in [7, 11) is 3.01. The molecule has 0 atom stereocenters. The second kappa shape index (κ2) is 10.8. The molecule has 0 unspecified atom stereocenters. The van der Waals surface area contributed by atoms with E-state index in [1.54, 1.807) is 48.5 Å². The Morgan fingerprint density at radius 1 is 0.812 bits per heavy atom. The van der Waals surface area contributed by atoms with Gasteiger partial charge in [0.25, 0.3) is 0 Å². The molecule has 0 amide bonds. The topological polar surface area (TPSA) is 71.1 Å². The summed E-state index contributed by atoms with van der Waals surface area (Å²) in [5, 5.41) is 0. The largest absolute Gasteiger partial charge is 0.493 e. The van der Waals surface area contributed by atoms with E-state index in [2.05, 4.69) is 0 Å². The maximum atomic E-state index is 12.5. The van der Waals surface area contributed by atoms with Gasteiger partial charge in [0.05, 0.1) is 26.4 Å². The SMILES string of the molecule is CCOc1ccccc1/C=C/C(=O)c1ccc(OC(=O)c2ccc(OC)c(OC)c2)cc1. The lowest BCUT2D eigenvalue weighted by Crippen LogP contribution is -2.09. The molecule has 0 aliphatic rings. The Labute approximate surface area is 187 Å². The van der Waals surface area contributed by atoms with Crippen molar-refractivity contribution in [1.82, 2.24) is 0 Å². The first kappa shape index (κ1) is 22.6. The average Bonchev–Trinajstić information content (AvgIpc) is 2.83. The number of para-hydroxylation sites is 1. The predicted octanol–water partition coefficient (Wildman–Crippen LogP) is 5.22. The standard InChI is InChI=1S/C26H24O6/c1-4-31-23-8-6-5-7-19(23)11-15-22(27)18-9-13-21(14-10-18)32-26(28)20-12-16-24(29-2)25(17-20)30-3/h5-17H,4H2,1-3H3/b15-11+. The molecule has 6 heteroatoms. The van der Waals surface area contributed by atoms with Crippen LogP contribution in [0.15, 0.2) is 72.8 Å². The predicted molar refractivity (Wildman–Crippen MR) is 122 cm³/mol. The molecule has 3 aromatic carbocycles. The van der Waals surface area contributed by atoms with Gasteiger partial charge in [0.2, 0.25) is 0 Å². The highest BCUT2D eigenvalue weighted by molar-refractivity contribution is 6.07. The Morgan fingerprint density at radius 3 is 2.19 bits per heavy atom. The maximum absolute atomic E-state index is 12.5. The number of carbonyl (C=O) groups excluding carboxylic acids is 2. The fourth-order valence-corrected chi connectivity index (χ4v) is 2.98. The van der Waals surface area contributed by atoms with E-state index >= 15 is 0 Å². The number of carbonyl (C=O) groups is 2. The van der Waals surface area contributed by atoms with E-state index in [-0.39, 0.29) is 5.78 Å². The van der Waals surface area contributed by atoms with Crippen molar-refractivity contribution in [2.24, 2.45) is 0 Å². The Morgan fingerprint density at radius 2 is 1.50 bits per heavy atom. The minimum atomic E-state index is -0.544. The van der Waals surface area contributed by atoms with Crippen LogP contribution in [0.2, 0.25) is 0 Å². The quantitative estimate of drug-likeness (QED) is 0.200. The number of hydrogen-bond donors (Lipinski definition) is 0. The number of methoxy groups -OCH3 is 2. The highest BCUT2D eigenvalue weighted by Crippen LogP contribution is 2.28. The fraction of sp³-hybridized carbons (Fsp3) is 0.154. The first-order valence-corrected chi connectivity index (χ1v) is 10.0. The molecule has 164 valence electrons. The Kier molecular flexibility index (Phi) is 7.65. The average molecular weight is 432 g/mol. The summed E-state index contributed by atoms with van der Waals surface area (Å²) in [4.78, 5) is 24.9. The van der Waals surface area contributed by atoms with Crippen LogP contribution in [0.4, 0.5) is 0 Å². The van der Waals surface area contributed by atoms with E-state index in [9.17, 15) is 9.59 Å². The molecule has 0 N–H and O–H groups in total. The van der Waals surface area contributed by atoms with Crippen molar-refractivity contribution in [1.29, 1.82) is 0 Å². The van der Waals surface area contributed by atoms with Crippen molar-refractivity contribution in [3.05, 3.63) is 89.5 Å². The molecule has 6 nitrogen and oxygen atoms in total. The molecule has 0 radical (unpaired) electrons. The zero-order chi connectivity index (χ0) is 22.9. The molecule has 0 aliphatic carbocycles. The minimum Gasteiger partial charge on any atom is -0.493 e. The second-order valence-corrected chi connectivity index (χ2v) is 6.65. The molecule has 0 saturated heterocycles. The van der Waals surface area contributed by atoms with Crippen molar-refractivity contribution >= 4 is 17.8 Å². The Balaban J connectivity index is 1.67. The van der Waals surface area contributed by atoms with Crippen LogP contribution in [-0.2, 0) is 0 Å². The van der Waals surface area contributed by atoms with Gasteiger partial charge in [-0.1, -0.05) is 18.2 Å². The molecular weight excluding hydrogens is 408 g/mol. The lowest BCUT2D eigenvalue weighted by Gasteiger charge is -2.09. The van der Waals surface area contributed by atoms with E-state index in [4.69, 9.17) is 18.9 Å². The summed E-state index contributed by atoms with van der Waals surface area (Å²) >= 11 is 0. The van der Waals surface area contributed by atoms with Gasteiger partial charge in [-0.3, -0.25) is 4.79 Å². The molecule has 0 saturated carbocycles. The smallest absolute Gasteiger partial charge is 0.343 e. The number of benzene rings is 3. The minimum absolute atomic E-state index is 0.172. The number of ether oxygens (including phenoxy) is 4. The molecule has 3 rings (SSSR count). The van der Waals surface area contributed by atoms with E-state index in [1.165, 1.54) is 20.3 Å². The molecule has 0 spiro atoms. The van der Waals surface area contributed by atoms with Gasteiger partial charge >= 0.3 is 5.97 Å². The Bertz CT molecular complexity index is 1120. The van der Waals surface area contributed by atoms with Gasteiger partial charge in [-0.05, 0) is 67.6 Å². The summed E-state index contributed by atoms with van der Waals surface area (Å²) in [6.07, 6.45) is 3.21. The van der Waals surface area contributed by atoms with Gasteiger partial charge in [-0.2, -0.15) is 0 Å². The van der Waals surface area contributed by atoms with E-state index in [0.717, 1.165) is 11.3 Å². The molecule has 0 aliphatic heterocycles. The maximum Gasteiger partial charge on any atom is 0.343 e. The second-order valence-electron chi connectivity index (χ2n) is 6.65. The first-order valence-electron chi connectivity index (χ1n) is 10.0. The third-order valence-electron chi connectivity index (χ3n) is 4.60. The van der Waals surface area contributed by atoms with Gasteiger partial charge < -0.3 is 18.9 Å². The number of hydrogen-bond acceptors (Lipinski definition) is 6. The molecule has 32 heavy (non-hydrogen) atoms. The zero-order valence-corrected chi connectivity index (χ0v) is 18.2. The number of rotatable bonds is 9. The van der Waals surface area contributed by atoms with Crippen LogP contribution >= 0.6 is 0 Å². The number of esters is 1. The van der Waals surface area contributed by atoms with Crippen molar-refractivity contribution in [3.63, 3.8) is 0 Å². The van der Waals surface area contributed by atoms with Crippen LogP contribution in [0.25, 0.3) is 6.08 Å². The van der Waals surface area contributed by atoms with E-state index in [1.807, 2.05) is 31.2 Å². The lowest BCUT2D eigenvalue weighted by molar-refractivity contribution is 0.0734. The Hall–Kier alpha value is -4.06. The fourth-order valence-electron chi connectivity index (χ4n) is 2.98. The van der Waals surface area contributed by atoms with Crippen molar-refractivity contribution in [2.45, 2.75) is 6.92 Å². The molecule has 0 heterocycles. The van der Waals surface area contributed by atoms with Crippen molar-refractivity contribution in [2.75, 3.05) is 20.8 Å². The first-order chi connectivity index (χ1) is 15.5. The third kappa shape index (κ3) is 5.55. The van der Waals surface area contributed by atoms with Crippen LogP contribution in [0.1, 0.15) is 33.2 Å². The van der Waals surface area contributed by atoms with E-state index in [0.29, 0.717) is 35.0 Å². The van der Waals surface area contributed by atoms with Crippen LogP contribution in [0.3, 0.4) is 0 Å². The van der Waals surface area contributed by atoms with Gasteiger partial charge in [0.15, 0.2) is 17.3 Å².